The van der Waals surface area contributed by atoms with Crippen molar-refractivity contribution in [3.05, 3.63) is 6.42 Å². The molecule has 0 unspecified atom stereocenters. The SMILES string of the molecule is CC[CH]C[NH3+]. The van der Waals surface area contributed by atoms with Crippen LogP contribution in [0.1, 0.15) is 13.3 Å². The second kappa shape index (κ2) is 3.96. The number of hydrogen-bond acceptors (Lipinski definition) is 0. The van der Waals surface area contributed by atoms with E-state index in [9.17, 15) is 0 Å². The van der Waals surface area contributed by atoms with Gasteiger partial charge in [0.1, 0.15) is 0 Å². The first kappa shape index (κ1) is 4.96. The van der Waals surface area contributed by atoms with Gasteiger partial charge in [-0.1, -0.05) is 6.92 Å². The van der Waals surface area contributed by atoms with Crippen molar-refractivity contribution in [3.8, 4) is 0 Å². The standard InChI is InChI=1S/C4H10N/c1-2-3-4-5/h3H,2,4-5H2,1H3/p+1. The quantitative estimate of drug-likeness (QED) is 0.470. The predicted molar refractivity (Wildman–Crippen MR) is 22.3 cm³/mol. The lowest BCUT2D eigenvalue weighted by Gasteiger charge is -1.76. The molecule has 0 aromatic rings. The first-order valence-corrected chi connectivity index (χ1v) is 2.02. The largest absolute Gasteiger partial charge is 0.357 e. The first-order chi connectivity index (χ1) is 2.41. The highest BCUT2D eigenvalue weighted by Gasteiger charge is 1.72. The maximum absolute atomic E-state index is 3.62. The lowest BCUT2D eigenvalue weighted by molar-refractivity contribution is -0.357. The highest BCUT2D eigenvalue weighted by atomic mass is 14.5. The minimum absolute atomic E-state index is 0.969. The lowest BCUT2D eigenvalue weighted by atomic mass is 10.3. The molecule has 3 N–H and O–H groups in total. The summed E-state index contributed by atoms with van der Waals surface area (Å²) in [5.74, 6) is 0. The smallest absolute Gasteiger partial charge is 0.0773 e. The number of rotatable bonds is 2. The Morgan fingerprint density at radius 3 is 2.40 bits per heavy atom. The average Bonchev–Trinajstić information content (AvgIpc) is 1.41. The minimum atomic E-state index is 0.969. The van der Waals surface area contributed by atoms with Crippen LogP contribution in [0.5, 0.6) is 0 Å². The molecule has 1 radical (unpaired) electrons. The Bertz CT molecular complexity index is 11.1. The van der Waals surface area contributed by atoms with Crippen molar-refractivity contribution in [3.63, 3.8) is 0 Å². The third-order valence-electron chi connectivity index (χ3n) is 0.493. The van der Waals surface area contributed by atoms with Crippen LogP contribution in [0.2, 0.25) is 0 Å². The van der Waals surface area contributed by atoms with Crippen LogP contribution in [0.25, 0.3) is 0 Å². The van der Waals surface area contributed by atoms with E-state index >= 15 is 0 Å². The number of quaternary nitrogens is 1. The molecule has 0 rings (SSSR count). The van der Waals surface area contributed by atoms with Crippen molar-refractivity contribution >= 4 is 0 Å². The van der Waals surface area contributed by atoms with Crippen molar-refractivity contribution in [1.82, 2.24) is 0 Å². The van der Waals surface area contributed by atoms with Gasteiger partial charge < -0.3 is 5.73 Å². The monoisotopic (exact) mass is 73.1 g/mol. The van der Waals surface area contributed by atoms with Gasteiger partial charge >= 0.3 is 0 Å². The van der Waals surface area contributed by atoms with Crippen LogP contribution in [0.3, 0.4) is 0 Å². The van der Waals surface area contributed by atoms with E-state index in [1.54, 1.807) is 0 Å². The van der Waals surface area contributed by atoms with Gasteiger partial charge in [-0.05, 0) is 6.42 Å². The van der Waals surface area contributed by atoms with E-state index in [0.717, 1.165) is 13.0 Å². The topological polar surface area (TPSA) is 27.6 Å². The Balaban J connectivity index is 2.19. The molecule has 0 aliphatic carbocycles. The summed E-state index contributed by atoms with van der Waals surface area (Å²) >= 11 is 0. The van der Waals surface area contributed by atoms with Crippen LogP contribution in [0, 0.1) is 6.42 Å². The molecule has 0 spiro atoms. The molecule has 1 heteroatoms. The molecule has 1 nitrogen and oxygen atoms in total. The highest BCUT2D eigenvalue weighted by molar-refractivity contribution is 4.54. The summed E-state index contributed by atoms with van der Waals surface area (Å²) in [6.45, 7) is 3.08. The Morgan fingerprint density at radius 1 is 1.80 bits per heavy atom. The van der Waals surface area contributed by atoms with Crippen LogP contribution < -0.4 is 5.73 Å². The first-order valence-electron chi connectivity index (χ1n) is 2.02. The highest BCUT2D eigenvalue weighted by Crippen LogP contribution is 1.73. The summed E-state index contributed by atoms with van der Waals surface area (Å²) in [7, 11) is 0. The maximum Gasteiger partial charge on any atom is 0.0773 e. The molecule has 5 heavy (non-hydrogen) atoms. The van der Waals surface area contributed by atoms with Gasteiger partial charge in [0.15, 0.2) is 0 Å². The molecular formula is C4H11N+. The van der Waals surface area contributed by atoms with E-state index in [-0.39, 0.29) is 0 Å². The van der Waals surface area contributed by atoms with Crippen molar-refractivity contribution in [2.45, 2.75) is 13.3 Å². The van der Waals surface area contributed by atoms with Crippen LogP contribution in [-0.4, -0.2) is 6.54 Å². The number of unbranched alkanes of at least 4 members (excludes halogenated alkanes) is 1. The van der Waals surface area contributed by atoms with Gasteiger partial charge in [-0.2, -0.15) is 0 Å². The zero-order valence-corrected chi connectivity index (χ0v) is 3.70. The fraction of sp³-hybridized carbons (Fsp3) is 0.750. The lowest BCUT2D eigenvalue weighted by Crippen LogP contribution is -2.50. The molecule has 0 atom stereocenters. The summed E-state index contributed by atoms with van der Waals surface area (Å²) < 4.78 is 0. The van der Waals surface area contributed by atoms with Crippen molar-refractivity contribution in [2.24, 2.45) is 0 Å². The maximum atomic E-state index is 3.62. The van der Waals surface area contributed by atoms with Crippen LogP contribution in [0.4, 0.5) is 0 Å². The van der Waals surface area contributed by atoms with Gasteiger partial charge in [-0.3, -0.25) is 0 Å². The third-order valence-corrected chi connectivity index (χ3v) is 0.493. The molecule has 0 aliphatic rings. The van der Waals surface area contributed by atoms with Gasteiger partial charge in [0.05, 0.1) is 6.54 Å². The Morgan fingerprint density at radius 2 is 2.40 bits per heavy atom. The van der Waals surface area contributed by atoms with Gasteiger partial charge in [-0.15, -0.1) is 0 Å². The molecule has 0 aromatic carbocycles. The van der Waals surface area contributed by atoms with Crippen LogP contribution in [0.15, 0.2) is 0 Å². The van der Waals surface area contributed by atoms with Gasteiger partial charge in [0.25, 0.3) is 0 Å². The number of hydrogen-bond donors (Lipinski definition) is 1. The third kappa shape index (κ3) is 3.96. The van der Waals surface area contributed by atoms with Gasteiger partial charge in [0, 0.05) is 6.42 Å². The van der Waals surface area contributed by atoms with E-state index in [2.05, 4.69) is 19.1 Å². The molecule has 0 saturated carbocycles. The molecule has 0 heterocycles. The summed E-state index contributed by atoms with van der Waals surface area (Å²) in [4.78, 5) is 0. The fourth-order valence-corrected chi connectivity index (χ4v) is 0.204. The zero-order valence-electron chi connectivity index (χ0n) is 3.70. The zero-order chi connectivity index (χ0) is 4.12. The van der Waals surface area contributed by atoms with Crippen LogP contribution in [-0.2, 0) is 0 Å². The van der Waals surface area contributed by atoms with E-state index in [0.29, 0.717) is 0 Å². The van der Waals surface area contributed by atoms with E-state index in [4.69, 9.17) is 0 Å². The molecule has 0 aliphatic heterocycles. The summed E-state index contributed by atoms with van der Waals surface area (Å²) in [5, 5.41) is 0. The summed E-state index contributed by atoms with van der Waals surface area (Å²) in [6, 6.07) is 0. The minimum Gasteiger partial charge on any atom is -0.357 e. The predicted octanol–water partition coefficient (Wildman–Crippen LogP) is -0.157. The van der Waals surface area contributed by atoms with E-state index in [1.165, 1.54) is 0 Å². The van der Waals surface area contributed by atoms with Gasteiger partial charge in [-0.25, -0.2) is 0 Å². The van der Waals surface area contributed by atoms with Gasteiger partial charge in [0.2, 0.25) is 0 Å². The molecule has 0 amide bonds. The van der Waals surface area contributed by atoms with Crippen molar-refractivity contribution < 1.29 is 5.73 Å². The molecule has 0 saturated heterocycles. The van der Waals surface area contributed by atoms with Crippen LogP contribution >= 0.6 is 0 Å². The molecule has 0 bridgehead atoms. The summed E-state index contributed by atoms with van der Waals surface area (Å²) in [6.07, 6.45) is 3.30. The Hall–Kier alpha value is -0.0400. The average molecular weight is 73.1 g/mol. The van der Waals surface area contributed by atoms with Crippen molar-refractivity contribution in [2.75, 3.05) is 6.54 Å². The second-order valence-electron chi connectivity index (χ2n) is 0.986. The molecule has 0 aromatic heterocycles. The Kier molecular flexibility index (Phi) is 3.93. The van der Waals surface area contributed by atoms with E-state index in [1.807, 2.05) is 0 Å². The van der Waals surface area contributed by atoms with E-state index < -0.39 is 0 Å². The molecular weight excluding hydrogens is 62.1 g/mol. The fourth-order valence-electron chi connectivity index (χ4n) is 0.204. The Labute approximate surface area is 33.2 Å². The normalized spacial score (nSPS) is 8.40. The molecule has 0 fully saturated rings. The molecule has 31 valence electrons. The second-order valence-corrected chi connectivity index (χ2v) is 0.986. The summed E-state index contributed by atoms with van der Waals surface area (Å²) in [5.41, 5.74) is 3.62. The van der Waals surface area contributed by atoms with Crippen molar-refractivity contribution in [1.29, 1.82) is 0 Å².